The third kappa shape index (κ3) is 15.7. The van der Waals surface area contributed by atoms with Gasteiger partial charge in [-0.25, -0.2) is 4.98 Å². The van der Waals surface area contributed by atoms with Crippen LogP contribution < -0.4 is 16.0 Å². The molecule has 2 aromatic rings. The number of carboxylic acids is 1. The molecule has 13 nitrogen and oxygen atoms in total. The molecular formula is C47H72N6O7S. The van der Waals surface area contributed by atoms with Crippen LogP contribution in [0.3, 0.4) is 0 Å². The second-order valence-corrected chi connectivity index (χ2v) is 18.8. The summed E-state index contributed by atoms with van der Waals surface area (Å²) in [6.07, 6.45) is 10.2. The summed E-state index contributed by atoms with van der Waals surface area (Å²) in [6.45, 7) is 17.4. The van der Waals surface area contributed by atoms with Gasteiger partial charge in [-0.2, -0.15) is 0 Å². The topological polar surface area (TPSA) is 170 Å². The number of hydrogen-bond acceptors (Lipinski definition) is 10. The van der Waals surface area contributed by atoms with Crippen molar-refractivity contribution in [3.05, 3.63) is 45.9 Å². The largest absolute Gasteiger partial charge is 0.481 e. The van der Waals surface area contributed by atoms with Gasteiger partial charge in [0.2, 0.25) is 11.8 Å². The molecule has 1 aromatic carbocycles. The number of likely N-dealkylation sites (tertiary alicyclic amines) is 1. The van der Waals surface area contributed by atoms with Gasteiger partial charge in [0, 0.05) is 55.5 Å². The number of rotatable bonds is 24. The Morgan fingerprint density at radius 3 is 2.38 bits per heavy atom. The number of hydrogen-bond donors (Lipinski definition) is 4. The van der Waals surface area contributed by atoms with Gasteiger partial charge >= 0.3 is 11.9 Å². The molecule has 0 saturated carbocycles. The molecule has 1 saturated heterocycles. The minimum atomic E-state index is -1.22. The molecule has 0 spiro atoms. The lowest BCUT2D eigenvalue weighted by molar-refractivity contribution is -0.150. The number of terminal acetylenes is 1. The van der Waals surface area contributed by atoms with Gasteiger partial charge in [-0.1, -0.05) is 52.7 Å². The minimum Gasteiger partial charge on any atom is -0.481 e. The average Bonchev–Trinajstić information content (AvgIpc) is 3.70. The smallest absolute Gasteiger partial charge is 0.309 e. The van der Waals surface area contributed by atoms with E-state index in [0.717, 1.165) is 37.1 Å². The number of thiazole rings is 1. The van der Waals surface area contributed by atoms with Crippen LogP contribution in [-0.2, 0) is 30.3 Å². The van der Waals surface area contributed by atoms with Gasteiger partial charge in [-0.3, -0.25) is 28.9 Å². The Balaban J connectivity index is 1.97. The number of carbonyl (C=O) groups is 5. The van der Waals surface area contributed by atoms with E-state index in [1.165, 1.54) is 6.92 Å². The fraction of sp³-hybridized carbons (Fsp3) is 0.660. The number of carbonyl (C=O) groups excluding carboxylic acids is 4. The molecule has 1 aliphatic rings. The van der Waals surface area contributed by atoms with E-state index in [2.05, 4.69) is 26.9 Å². The molecule has 3 amide bonds. The summed E-state index contributed by atoms with van der Waals surface area (Å²) in [5.41, 5.74) is -0.204. The number of nitrogens with one attached hydrogen (secondary N) is 3. The lowest BCUT2D eigenvalue weighted by Crippen LogP contribution is -2.59. The summed E-state index contributed by atoms with van der Waals surface area (Å²) in [4.78, 5) is 76.0. The third-order valence-corrected chi connectivity index (χ3v) is 12.4. The molecule has 3 rings (SSSR count). The molecule has 0 radical (unpaired) electrons. The lowest BCUT2D eigenvalue weighted by Gasteiger charge is -2.40. The summed E-state index contributed by atoms with van der Waals surface area (Å²) < 4.78 is 23.0. The highest BCUT2D eigenvalue weighted by Crippen LogP contribution is 2.32. The highest BCUT2D eigenvalue weighted by Gasteiger charge is 2.39. The Hall–Kier alpha value is -4.48. The fourth-order valence-electron chi connectivity index (χ4n) is 7.71. The van der Waals surface area contributed by atoms with Crippen molar-refractivity contribution in [1.29, 1.82) is 0 Å². The van der Waals surface area contributed by atoms with E-state index < -0.39 is 47.5 Å². The van der Waals surface area contributed by atoms with Crippen LogP contribution in [0.1, 0.15) is 150 Å². The van der Waals surface area contributed by atoms with E-state index >= 15 is 0 Å². The van der Waals surface area contributed by atoms with Crippen LogP contribution in [0.2, 0.25) is 0 Å². The van der Waals surface area contributed by atoms with Crippen LogP contribution in [0.5, 0.6) is 0 Å². The number of anilines is 1. The van der Waals surface area contributed by atoms with E-state index in [4.69, 9.17) is 13.9 Å². The monoisotopic (exact) mass is 867 g/mol. The number of esters is 1. The van der Waals surface area contributed by atoms with Crippen LogP contribution >= 0.6 is 11.3 Å². The first-order valence-corrected chi connectivity index (χ1v) is 22.8. The molecular weight excluding hydrogens is 793 g/mol. The Bertz CT molecular complexity index is 1890. The van der Waals surface area contributed by atoms with Gasteiger partial charge in [0.15, 0.2) is 6.10 Å². The number of unbranched alkanes of at least 4 members (excludes halogenated alkanes) is 2. The Morgan fingerprint density at radius 1 is 1.11 bits per heavy atom. The summed E-state index contributed by atoms with van der Waals surface area (Å²) in [5, 5.41) is 21.1. The number of benzene rings is 1. The maximum Gasteiger partial charge on any atom is 0.309 e. The zero-order valence-corrected chi connectivity index (χ0v) is 38.9. The maximum absolute atomic E-state index is 14.9. The molecule has 1 fully saturated rings. The van der Waals surface area contributed by atoms with Crippen molar-refractivity contribution < 1.29 is 36.6 Å². The number of carboxylic acid groups (broad SMARTS) is 1. The molecule has 14 heteroatoms. The van der Waals surface area contributed by atoms with E-state index in [-0.39, 0.29) is 72.8 Å². The fourth-order valence-corrected chi connectivity index (χ4v) is 8.55. The summed E-state index contributed by atoms with van der Waals surface area (Å²) in [6, 6.07) is 1.18. The van der Waals surface area contributed by atoms with Crippen molar-refractivity contribution in [3.63, 3.8) is 0 Å². The second-order valence-electron chi connectivity index (χ2n) is 17.9. The van der Waals surface area contributed by atoms with Crippen LogP contribution in [-0.4, -0.2) is 99.9 Å². The van der Waals surface area contributed by atoms with Gasteiger partial charge in [-0.05, 0) is 109 Å². The molecule has 4 N–H and O–H groups in total. The Kier molecular flexibility index (Phi) is 18.9. The number of piperidine rings is 1. The van der Waals surface area contributed by atoms with Gasteiger partial charge in [0.1, 0.15) is 16.7 Å². The number of ether oxygens (including phenoxy) is 1. The first-order chi connectivity index (χ1) is 29.6. The third-order valence-electron chi connectivity index (χ3n) is 11.5. The number of amides is 3. The van der Waals surface area contributed by atoms with Crippen LogP contribution in [0.4, 0.5) is 5.69 Å². The summed E-state index contributed by atoms with van der Waals surface area (Å²) in [7, 11) is 1.94. The van der Waals surface area contributed by atoms with Crippen molar-refractivity contribution in [1.82, 2.24) is 25.4 Å². The number of aliphatic carboxylic acids is 1. The predicted molar refractivity (Wildman–Crippen MR) is 242 cm³/mol. The second kappa shape index (κ2) is 24.2. The van der Waals surface area contributed by atoms with Crippen molar-refractivity contribution in [3.8, 4) is 12.3 Å². The SMILES string of the molecule is [2H]c1cc(C[C@@H](CC(C)(C)C(=O)O)NC(=O)c2csc([C@@H](C[C@H](C(C)C)N(CCCCC#C)C(=O)[C@@H](NC(=O)[C@H]3CCCCN3C)[C@@H](C)CC)OC(C)=O)n2)cc([2H])c1NC(C)C. The quantitative estimate of drug-likeness (QED) is 0.0472. The molecule has 0 bridgehead atoms. The standard InChI is InChI=1S/C47H72N6O7S/c1-12-14-15-17-25-53(45(57)41(32(7)13-2)51-43(56)38-19-16-18-24-52(38)11)39(30(3)4)27-40(60-33(8)54)44-50-37(29-61-44)42(55)49-36(28-47(9,10)46(58)59)26-34-20-22-35(23-21-34)48-31(5)6/h1,20-23,29-32,36,38-41,48H,13-19,24-28H2,2-11H3,(H,49,55)(H,51,56)(H,58,59)/t32-,36-,38+,39+,40+,41-/m0/s1/i22D,23D. The zero-order chi connectivity index (χ0) is 47.2. The summed E-state index contributed by atoms with van der Waals surface area (Å²) in [5.74, 6) is -0.176. The van der Waals surface area contributed by atoms with Gasteiger partial charge in [0.05, 0.1) is 14.2 Å². The van der Waals surface area contributed by atoms with Crippen LogP contribution in [0.15, 0.2) is 29.6 Å². The first kappa shape index (κ1) is 47.6. The first-order valence-electron chi connectivity index (χ1n) is 22.9. The number of likely N-dealkylation sites (N-methyl/N-ethyl adjacent to an activating group) is 1. The van der Waals surface area contributed by atoms with Crippen LogP contribution in [0.25, 0.3) is 0 Å². The molecule has 0 unspecified atom stereocenters. The molecule has 6 atom stereocenters. The van der Waals surface area contributed by atoms with Crippen molar-refractivity contribution >= 4 is 46.7 Å². The molecule has 0 aliphatic carbocycles. The summed E-state index contributed by atoms with van der Waals surface area (Å²) >= 11 is 1.14. The molecule has 338 valence electrons. The van der Waals surface area contributed by atoms with E-state index in [9.17, 15) is 29.1 Å². The van der Waals surface area contributed by atoms with Gasteiger partial charge < -0.3 is 30.7 Å². The van der Waals surface area contributed by atoms with E-state index in [0.29, 0.717) is 48.5 Å². The molecule has 1 aromatic heterocycles. The highest BCUT2D eigenvalue weighted by molar-refractivity contribution is 7.09. The zero-order valence-electron chi connectivity index (χ0n) is 40.1. The van der Waals surface area contributed by atoms with E-state index in [1.54, 1.807) is 31.4 Å². The highest BCUT2D eigenvalue weighted by atomic mass is 32.1. The van der Waals surface area contributed by atoms with Gasteiger partial charge in [0.25, 0.3) is 5.91 Å². The van der Waals surface area contributed by atoms with Crippen LogP contribution in [0, 0.1) is 29.6 Å². The lowest BCUT2D eigenvalue weighted by atomic mass is 9.84. The van der Waals surface area contributed by atoms with Crippen molar-refractivity contribution in [2.45, 2.75) is 163 Å². The maximum atomic E-state index is 14.9. The van der Waals surface area contributed by atoms with E-state index in [1.807, 2.05) is 58.4 Å². The molecule has 61 heavy (non-hydrogen) atoms. The number of nitrogens with zero attached hydrogens (tertiary/aromatic N) is 3. The molecule has 2 heterocycles. The normalized spacial score (nSPS) is 17.5. The van der Waals surface area contributed by atoms with Gasteiger partial charge in [-0.15, -0.1) is 23.7 Å². The average molecular weight is 867 g/mol. The Labute approximate surface area is 371 Å². The number of aromatic nitrogens is 1. The van der Waals surface area contributed by atoms with Crippen molar-refractivity contribution in [2.75, 3.05) is 25.5 Å². The Morgan fingerprint density at radius 2 is 1.80 bits per heavy atom. The molecule has 1 aliphatic heterocycles. The van der Waals surface area contributed by atoms with Crippen molar-refractivity contribution in [2.24, 2.45) is 17.3 Å². The predicted octanol–water partition coefficient (Wildman–Crippen LogP) is 7.47. The minimum absolute atomic E-state index is 0.00690.